The molecule has 1 aliphatic rings. The van der Waals surface area contributed by atoms with E-state index >= 15 is 0 Å². The Balaban J connectivity index is 0.00000210. The van der Waals surface area contributed by atoms with Gasteiger partial charge in [-0.2, -0.15) is 5.10 Å². The highest BCUT2D eigenvalue weighted by Crippen LogP contribution is 2.24. The third-order valence-corrected chi connectivity index (χ3v) is 4.82. The number of hydrogen-bond donors (Lipinski definition) is 1. The Morgan fingerprint density at radius 3 is 2.74 bits per heavy atom. The molecule has 7 heteroatoms. The zero-order valence-electron chi connectivity index (χ0n) is 15.2. The van der Waals surface area contributed by atoms with E-state index < -0.39 is 0 Å². The van der Waals surface area contributed by atoms with Crippen LogP contribution in [0.25, 0.3) is 17.1 Å². The fourth-order valence-electron chi connectivity index (χ4n) is 3.40. The lowest BCUT2D eigenvalue weighted by molar-refractivity contribution is 0.0689. The third kappa shape index (κ3) is 3.91. The Labute approximate surface area is 164 Å². The summed E-state index contributed by atoms with van der Waals surface area (Å²) >= 11 is 0. The van der Waals surface area contributed by atoms with Crippen LogP contribution in [0, 0.1) is 0 Å². The van der Waals surface area contributed by atoms with E-state index in [2.05, 4.69) is 10.4 Å². The number of halogens is 1. The number of hydrogen-bond acceptors (Lipinski definition) is 4. The Bertz CT molecular complexity index is 877. The van der Waals surface area contributed by atoms with Crippen molar-refractivity contribution in [2.24, 2.45) is 0 Å². The van der Waals surface area contributed by atoms with E-state index in [-0.39, 0.29) is 18.3 Å². The molecule has 27 heavy (non-hydrogen) atoms. The van der Waals surface area contributed by atoms with Crippen LogP contribution in [-0.2, 0) is 0 Å². The van der Waals surface area contributed by atoms with Crippen LogP contribution in [0.4, 0.5) is 0 Å². The average molecular weight is 387 g/mol. The SMILES string of the molecule is CNC1CCCN(C(=O)c2cc(-c3ccco3)nn2-c2ccccc2)C1.Cl. The normalized spacial score (nSPS) is 16.8. The molecule has 4 rings (SSSR count). The maximum Gasteiger partial charge on any atom is 0.272 e. The first-order valence-corrected chi connectivity index (χ1v) is 8.92. The van der Waals surface area contributed by atoms with Crippen LogP contribution in [0.1, 0.15) is 23.3 Å². The molecule has 0 radical (unpaired) electrons. The van der Waals surface area contributed by atoms with Crippen molar-refractivity contribution < 1.29 is 9.21 Å². The lowest BCUT2D eigenvalue weighted by atomic mass is 10.1. The van der Waals surface area contributed by atoms with Crippen molar-refractivity contribution in [3.05, 3.63) is 60.5 Å². The minimum absolute atomic E-state index is 0. The van der Waals surface area contributed by atoms with E-state index in [4.69, 9.17) is 4.42 Å². The number of carbonyl (C=O) groups excluding carboxylic acids is 1. The van der Waals surface area contributed by atoms with Crippen molar-refractivity contribution in [3.63, 3.8) is 0 Å². The summed E-state index contributed by atoms with van der Waals surface area (Å²) in [6, 6.07) is 15.5. The molecular formula is C20H23ClN4O2. The molecule has 0 spiro atoms. The fourth-order valence-corrected chi connectivity index (χ4v) is 3.40. The number of para-hydroxylation sites is 1. The number of benzene rings is 1. The molecule has 1 aromatic carbocycles. The van der Waals surface area contributed by atoms with Gasteiger partial charge in [0.15, 0.2) is 5.76 Å². The molecule has 3 aromatic rings. The van der Waals surface area contributed by atoms with Gasteiger partial charge in [-0.15, -0.1) is 12.4 Å². The number of piperidine rings is 1. The Kier molecular flexibility index (Phi) is 5.98. The van der Waals surface area contributed by atoms with E-state index in [9.17, 15) is 4.79 Å². The Morgan fingerprint density at radius 1 is 1.22 bits per heavy atom. The van der Waals surface area contributed by atoms with E-state index in [0.717, 1.165) is 25.1 Å². The van der Waals surface area contributed by atoms with Gasteiger partial charge in [-0.3, -0.25) is 4.79 Å². The summed E-state index contributed by atoms with van der Waals surface area (Å²) < 4.78 is 7.18. The lowest BCUT2D eigenvalue weighted by Gasteiger charge is -2.32. The smallest absolute Gasteiger partial charge is 0.272 e. The summed E-state index contributed by atoms with van der Waals surface area (Å²) in [5.41, 5.74) is 2.07. The topological polar surface area (TPSA) is 63.3 Å². The number of furan rings is 1. The van der Waals surface area contributed by atoms with Crippen LogP contribution in [0.3, 0.4) is 0 Å². The maximum atomic E-state index is 13.2. The average Bonchev–Trinajstić information content (AvgIpc) is 3.38. The van der Waals surface area contributed by atoms with Crippen LogP contribution in [0.2, 0.25) is 0 Å². The minimum Gasteiger partial charge on any atom is -0.463 e. The predicted molar refractivity (Wildman–Crippen MR) is 106 cm³/mol. The summed E-state index contributed by atoms with van der Waals surface area (Å²) in [6.45, 7) is 1.48. The fraction of sp³-hybridized carbons (Fsp3) is 0.300. The van der Waals surface area contributed by atoms with Gasteiger partial charge >= 0.3 is 0 Å². The van der Waals surface area contributed by atoms with Crippen molar-refractivity contribution >= 4 is 18.3 Å². The van der Waals surface area contributed by atoms with Gasteiger partial charge in [-0.25, -0.2) is 4.68 Å². The van der Waals surface area contributed by atoms with Crippen molar-refractivity contribution in [1.29, 1.82) is 0 Å². The summed E-state index contributed by atoms with van der Waals surface area (Å²) in [7, 11) is 1.95. The standard InChI is InChI=1S/C20H22N4O2.ClH/c1-21-15-7-5-11-23(14-15)20(25)18-13-17(19-10-6-12-26-19)22-24(18)16-8-3-2-4-9-16;/h2-4,6,8-10,12-13,15,21H,5,7,11,14H2,1H3;1H. The van der Waals surface area contributed by atoms with Gasteiger partial charge in [0.2, 0.25) is 0 Å². The summed E-state index contributed by atoms with van der Waals surface area (Å²) in [6.07, 6.45) is 3.71. The van der Waals surface area contributed by atoms with E-state index in [1.165, 1.54) is 0 Å². The van der Waals surface area contributed by atoms with Crippen LogP contribution in [0.5, 0.6) is 0 Å². The Morgan fingerprint density at radius 2 is 2.04 bits per heavy atom. The molecule has 6 nitrogen and oxygen atoms in total. The second-order valence-corrected chi connectivity index (χ2v) is 6.52. The van der Waals surface area contributed by atoms with Crippen LogP contribution in [0.15, 0.2) is 59.2 Å². The molecular weight excluding hydrogens is 364 g/mol. The predicted octanol–water partition coefficient (Wildman–Crippen LogP) is 3.38. The molecule has 1 aliphatic heterocycles. The third-order valence-electron chi connectivity index (χ3n) is 4.82. The first-order valence-electron chi connectivity index (χ1n) is 8.92. The quantitative estimate of drug-likeness (QED) is 0.746. The van der Waals surface area contributed by atoms with E-state index in [1.807, 2.05) is 60.5 Å². The molecule has 0 bridgehead atoms. The molecule has 1 saturated heterocycles. The maximum absolute atomic E-state index is 13.2. The zero-order chi connectivity index (χ0) is 17.9. The first kappa shape index (κ1) is 19.2. The number of aromatic nitrogens is 2. The minimum atomic E-state index is -0.000825. The van der Waals surface area contributed by atoms with Crippen LogP contribution >= 0.6 is 12.4 Å². The molecule has 3 heterocycles. The largest absolute Gasteiger partial charge is 0.463 e. The van der Waals surface area contributed by atoms with Gasteiger partial charge < -0.3 is 14.6 Å². The summed E-state index contributed by atoms with van der Waals surface area (Å²) in [5.74, 6) is 0.652. The summed E-state index contributed by atoms with van der Waals surface area (Å²) in [4.78, 5) is 15.2. The number of likely N-dealkylation sites (tertiary alicyclic amines) is 1. The first-order chi connectivity index (χ1) is 12.8. The molecule has 1 fully saturated rings. The van der Waals surface area contributed by atoms with Crippen molar-refractivity contribution in [3.8, 4) is 17.1 Å². The van der Waals surface area contributed by atoms with Crippen molar-refractivity contribution in [2.45, 2.75) is 18.9 Å². The molecule has 0 aliphatic carbocycles. The van der Waals surface area contributed by atoms with E-state index in [0.29, 0.717) is 29.7 Å². The molecule has 1 atom stereocenters. The highest BCUT2D eigenvalue weighted by atomic mass is 35.5. The molecule has 1 amide bonds. The molecule has 1 N–H and O–H groups in total. The van der Waals surface area contributed by atoms with Gasteiger partial charge in [0, 0.05) is 25.2 Å². The number of likely N-dealkylation sites (N-methyl/N-ethyl adjacent to an activating group) is 1. The summed E-state index contributed by atoms with van der Waals surface area (Å²) in [5, 5.41) is 7.92. The van der Waals surface area contributed by atoms with Crippen LogP contribution < -0.4 is 5.32 Å². The van der Waals surface area contributed by atoms with Crippen molar-refractivity contribution in [2.75, 3.05) is 20.1 Å². The monoisotopic (exact) mass is 386 g/mol. The van der Waals surface area contributed by atoms with E-state index in [1.54, 1.807) is 10.9 Å². The number of nitrogens with zero attached hydrogens (tertiary/aromatic N) is 3. The second kappa shape index (κ2) is 8.41. The molecule has 1 unspecified atom stereocenters. The van der Waals surface area contributed by atoms with Gasteiger partial charge in [-0.05, 0) is 44.2 Å². The highest BCUT2D eigenvalue weighted by Gasteiger charge is 2.27. The van der Waals surface area contributed by atoms with Gasteiger partial charge in [-0.1, -0.05) is 18.2 Å². The van der Waals surface area contributed by atoms with Crippen LogP contribution in [-0.4, -0.2) is 46.8 Å². The second-order valence-electron chi connectivity index (χ2n) is 6.52. The lowest BCUT2D eigenvalue weighted by Crippen LogP contribution is -2.47. The number of amides is 1. The number of carbonyl (C=O) groups is 1. The van der Waals surface area contributed by atoms with Gasteiger partial charge in [0.1, 0.15) is 11.4 Å². The zero-order valence-corrected chi connectivity index (χ0v) is 16.0. The highest BCUT2D eigenvalue weighted by molar-refractivity contribution is 5.94. The molecule has 0 saturated carbocycles. The Hall–Kier alpha value is -2.57. The van der Waals surface area contributed by atoms with Gasteiger partial charge in [0.05, 0.1) is 12.0 Å². The van der Waals surface area contributed by atoms with Gasteiger partial charge in [0.25, 0.3) is 5.91 Å². The van der Waals surface area contributed by atoms with Crippen molar-refractivity contribution in [1.82, 2.24) is 20.0 Å². The molecule has 142 valence electrons. The number of rotatable bonds is 4. The number of nitrogens with one attached hydrogen (secondary N) is 1. The molecule has 2 aromatic heterocycles.